The zero-order valence-electron chi connectivity index (χ0n) is 19.3. The third kappa shape index (κ3) is 4.48. The van der Waals surface area contributed by atoms with Crippen LogP contribution in [0, 0.1) is 19.7 Å². The molecule has 1 aliphatic heterocycles. The lowest BCUT2D eigenvalue weighted by Crippen LogP contribution is -2.36. The van der Waals surface area contributed by atoms with Crippen LogP contribution in [-0.2, 0) is 6.54 Å². The number of nitrogens with zero attached hydrogens (tertiary/aromatic N) is 4. The Morgan fingerprint density at radius 3 is 2.64 bits per heavy atom. The normalized spacial score (nSPS) is 17.5. The smallest absolute Gasteiger partial charge is 0.362 e. The molecule has 2 N–H and O–H groups in total. The predicted molar refractivity (Wildman–Crippen MR) is 128 cm³/mol. The Morgan fingerprint density at radius 2 is 1.97 bits per heavy atom. The number of nitrogens with one attached hydrogen (secondary N) is 2. The van der Waals surface area contributed by atoms with Gasteiger partial charge in [0.25, 0.3) is 5.91 Å². The van der Waals surface area contributed by atoms with Crippen LogP contribution in [0.4, 0.5) is 29.1 Å². The van der Waals surface area contributed by atoms with Gasteiger partial charge < -0.3 is 10.6 Å². The fourth-order valence-electron chi connectivity index (χ4n) is 4.38. The molecular weight excluding hydrogens is 496 g/mol. The first-order valence-corrected chi connectivity index (χ1v) is 12.0. The minimum atomic E-state index is -4.53. The van der Waals surface area contributed by atoms with Crippen molar-refractivity contribution in [3.05, 3.63) is 81.2 Å². The molecule has 3 aromatic heterocycles. The Kier molecular flexibility index (Phi) is 6.07. The second-order valence-corrected chi connectivity index (χ2v) is 9.62. The largest absolute Gasteiger partial charge is 0.410 e. The van der Waals surface area contributed by atoms with Crippen LogP contribution in [0.5, 0.6) is 0 Å². The highest BCUT2D eigenvalue weighted by Crippen LogP contribution is 2.45. The van der Waals surface area contributed by atoms with E-state index in [0.717, 1.165) is 21.3 Å². The van der Waals surface area contributed by atoms with Crippen LogP contribution in [0.25, 0.3) is 0 Å². The summed E-state index contributed by atoms with van der Waals surface area (Å²) in [6.07, 6.45) is -3.60. The number of thiophene rings is 1. The van der Waals surface area contributed by atoms with Crippen molar-refractivity contribution in [1.82, 2.24) is 19.6 Å². The summed E-state index contributed by atoms with van der Waals surface area (Å²) in [7, 11) is 0. The number of halogens is 4. The fraction of sp³-hybridized carbons (Fsp3) is 0.292. The lowest BCUT2D eigenvalue weighted by Gasteiger charge is -2.33. The lowest BCUT2D eigenvalue weighted by atomic mass is 10.0. The van der Waals surface area contributed by atoms with Crippen molar-refractivity contribution in [3.63, 3.8) is 0 Å². The summed E-state index contributed by atoms with van der Waals surface area (Å²) in [6, 6.07) is 7.10. The molecule has 0 saturated carbocycles. The van der Waals surface area contributed by atoms with Crippen molar-refractivity contribution >= 4 is 28.7 Å². The van der Waals surface area contributed by atoms with E-state index in [-0.39, 0.29) is 23.6 Å². The molecular formula is C24H22F4N6OS. The van der Waals surface area contributed by atoms with E-state index in [1.165, 1.54) is 23.5 Å². The molecule has 0 radical (unpaired) electrons. The van der Waals surface area contributed by atoms with Gasteiger partial charge in [0.2, 0.25) is 0 Å². The van der Waals surface area contributed by atoms with Gasteiger partial charge in [-0.15, -0.1) is 11.3 Å². The molecule has 0 saturated heterocycles. The average Bonchev–Trinajstić information content (AvgIpc) is 3.56. The fourth-order valence-corrected chi connectivity index (χ4v) is 5.17. The summed E-state index contributed by atoms with van der Waals surface area (Å²) in [5, 5.41) is 16.1. The summed E-state index contributed by atoms with van der Waals surface area (Å²) >= 11 is 1.35. The molecule has 188 valence electrons. The predicted octanol–water partition coefficient (Wildman–Crippen LogP) is 5.86. The molecule has 0 bridgehead atoms. The molecule has 4 aromatic rings. The topological polar surface area (TPSA) is 76.8 Å². The molecule has 12 heteroatoms. The summed E-state index contributed by atoms with van der Waals surface area (Å²) in [6.45, 7) is 3.86. The number of rotatable bonds is 5. The number of anilines is 2. The van der Waals surface area contributed by atoms with E-state index in [4.69, 9.17) is 0 Å². The van der Waals surface area contributed by atoms with Gasteiger partial charge in [0, 0.05) is 11.3 Å². The SMILES string of the molecule is Cc1nn(Cc2ccc(F)cc2)c(C)c1NC(=O)c1cnn2c1N[C@@H](c1cccs1)C[C@H]2C(F)(F)F. The van der Waals surface area contributed by atoms with Gasteiger partial charge in [-0.2, -0.15) is 23.4 Å². The Bertz CT molecular complexity index is 1390. The van der Waals surface area contributed by atoms with Crippen LogP contribution in [0.15, 0.2) is 48.0 Å². The first-order chi connectivity index (χ1) is 17.1. The summed E-state index contributed by atoms with van der Waals surface area (Å²) in [5.74, 6) is -0.912. The monoisotopic (exact) mass is 518 g/mol. The molecule has 2 atom stereocenters. The number of hydrogen-bond acceptors (Lipinski definition) is 5. The maximum atomic E-state index is 13.9. The van der Waals surface area contributed by atoms with E-state index in [0.29, 0.717) is 23.6 Å². The molecule has 0 spiro atoms. The van der Waals surface area contributed by atoms with Crippen molar-refractivity contribution in [1.29, 1.82) is 0 Å². The highest BCUT2D eigenvalue weighted by molar-refractivity contribution is 7.10. The molecule has 7 nitrogen and oxygen atoms in total. The maximum Gasteiger partial charge on any atom is 0.410 e. The van der Waals surface area contributed by atoms with Gasteiger partial charge in [-0.05, 0) is 43.0 Å². The van der Waals surface area contributed by atoms with Crippen LogP contribution < -0.4 is 10.6 Å². The van der Waals surface area contributed by atoms with E-state index in [1.807, 2.05) is 0 Å². The van der Waals surface area contributed by atoms with Crippen molar-refractivity contribution in [2.75, 3.05) is 10.6 Å². The lowest BCUT2D eigenvalue weighted by molar-refractivity contribution is -0.173. The molecule has 1 aromatic carbocycles. The number of carbonyl (C=O) groups excluding carboxylic acids is 1. The third-order valence-electron chi connectivity index (χ3n) is 6.24. The number of amides is 1. The molecule has 1 amide bonds. The zero-order valence-corrected chi connectivity index (χ0v) is 20.1. The van der Waals surface area contributed by atoms with Gasteiger partial charge >= 0.3 is 6.18 Å². The molecule has 0 unspecified atom stereocenters. The highest BCUT2D eigenvalue weighted by Gasteiger charge is 2.47. The number of fused-ring (bicyclic) bond motifs is 1. The quantitative estimate of drug-likeness (QED) is 0.325. The average molecular weight is 519 g/mol. The van der Waals surface area contributed by atoms with Crippen LogP contribution in [0.1, 0.15) is 50.7 Å². The minimum absolute atomic E-state index is 0.00981. The van der Waals surface area contributed by atoms with E-state index in [2.05, 4.69) is 20.8 Å². The zero-order chi connectivity index (χ0) is 25.6. The standard InChI is InChI=1S/C24H22F4N6OS/c1-13-21(14(2)33(32-13)12-15-5-7-16(25)8-6-15)31-23(35)17-11-29-34-20(24(26,27)28)10-18(30-22(17)34)19-4-3-9-36-19/h3-9,11,18,20,30H,10,12H2,1-2H3,(H,31,35)/t18-,20+/m1/s1. The van der Waals surface area contributed by atoms with Gasteiger partial charge in [-0.1, -0.05) is 18.2 Å². The molecule has 0 aliphatic carbocycles. The number of benzene rings is 1. The maximum absolute atomic E-state index is 13.9. The highest BCUT2D eigenvalue weighted by atomic mass is 32.1. The van der Waals surface area contributed by atoms with Crippen LogP contribution in [-0.4, -0.2) is 31.6 Å². The first-order valence-electron chi connectivity index (χ1n) is 11.2. The van der Waals surface area contributed by atoms with Crippen molar-refractivity contribution in [2.24, 2.45) is 0 Å². The van der Waals surface area contributed by atoms with Gasteiger partial charge in [-0.25, -0.2) is 9.07 Å². The Morgan fingerprint density at radius 1 is 1.22 bits per heavy atom. The Balaban J connectivity index is 1.42. The summed E-state index contributed by atoms with van der Waals surface area (Å²) in [4.78, 5) is 14.0. The van der Waals surface area contributed by atoms with E-state index in [1.54, 1.807) is 48.2 Å². The summed E-state index contributed by atoms with van der Waals surface area (Å²) in [5.41, 5.74) is 2.49. The molecule has 0 fully saturated rings. The van der Waals surface area contributed by atoms with Crippen molar-refractivity contribution in [2.45, 2.75) is 45.1 Å². The third-order valence-corrected chi connectivity index (χ3v) is 7.22. The van der Waals surface area contributed by atoms with Crippen molar-refractivity contribution in [3.8, 4) is 0 Å². The minimum Gasteiger partial charge on any atom is -0.362 e. The second-order valence-electron chi connectivity index (χ2n) is 8.64. The van der Waals surface area contributed by atoms with E-state index >= 15 is 0 Å². The number of aryl methyl sites for hydroxylation is 1. The Hall–Kier alpha value is -3.67. The molecule has 5 rings (SSSR count). The number of alkyl halides is 3. The second kappa shape index (κ2) is 9.08. The van der Waals surface area contributed by atoms with Gasteiger partial charge in [0.15, 0.2) is 6.04 Å². The molecule has 36 heavy (non-hydrogen) atoms. The first kappa shape index (κ1) is 24.0. The van der Waals surface area contributed by atoms with Crippen LogP contribution >= 0.6 is 11.3 Å². The van der Waals surface area contributed by atoms with Gasteiger partial charge in [-0.3, -0.25) is 9.48 Å². The number of hydrogen-bond donors (Lipinski definition) is 2. The molecule has 4 heterocycles. The Labute approximate surface area is 207 Å². The van der Waals surface area contributed by atoms with E-state index in [9.17, 15) is 22.4 Å². The number of carbonyl (C=O) groups is 1. The van der Waals surface area contributed by atoms with Gasteiger partial charge in [0.1, 0.15) is 17.2 Å². The van der Waals surface area contributed by atoms with Crippen molar-refractivity contribution < 1.29 is 22.4 Å². The van der Waals surface area contributed by atoms with Gasteiger partial charge in [0.05, 0.1) is 35.9 Å². The number of aromatic nitrogens is 4. The van der Waals surface area contributed by atoms with Crippen LogP contribution in [0.3, 0.4) is 0 Å². The van der Waals surface area contributed by atoms with Crippen LogP contribution in [0.2, 0.25) is 0 Å². The summed E-state index contributed by atoms with van der Waals surface area (Å²) < 4.78 is 57.4. The molecule has 1 aliphatic rings. The van der Waals surface area contributed by atoms with E-state index < -0.39 is 24.2 Å².